The average molecular weight is 361 g/mol. The molecule has 0 saturated carbocycles. The Morgan fingerprint density at radius 1 is 1.12 bits per heavy atom. The van der Waals surface area contributed by atoms with E-state index in [1.54, 1.807) is 6.07 Å². The smallest absolute Gasteiger partial charge is 0.287 e. The van der Waals surface area contributed by atoms with E-state index in [9.17, 15) is 10.1 Å². The summed E-state index contributed by atoms with van der Waals surface area (Å²) in [7, 11) is 0. The lowest BCUT2D eigenvalue weighted by atomic mass is 10.3. The Morgan fingerprint density at radius 3 is 2.56 bits per heavy atom. The summed E-state index contributed by atoms with van der Waals surface area (Å²) in [5.41, 5.74) is 1.80. The molecule has 8 nitrogen and oxygen atoms in total. The number of halogens is 1. The first kappa shape index (κ1) is 17.1. The fraction of sp³-hybridized carbons (Fsp3) is 0.250. The van der Waals surface area contributed by atoms with E-state index < -0.39 is 4.92 Å². The Kier molecular flexibility index (Phi) is 4.82. The van der Waals surface area contributed by atoms with Gasteiger partial charge in [0.25, 0.3) is 5.69 Å². The fourth-order valence-electron chi connectivity index (χ4n) is 2.93. The van der Waals surface area contributed by atoms with Crippen LogP contribution >= 0.6 is 12.4 Å². The van der Waals surface area contributed by atoms with Gasteiger partial charge in [-0.2, -0.15) is 0 Å². The number of pyridine rings is 1. The Morgan fingerprint density at radius 2 is 1.88 bits per heavy atom. The predicted molar refractivity (Wildman–Crippen MR) is 97.9 cm³/mol. The summed E-state index contributed by atoms with van der Waals surface area (Å²) in [6.07, 6.45) is 1.28. The van der Waals surface area contributed by atoms with E-state index in [-0.39, 0.29) is 18.1 Å². The second-order valence-corrected chi connectivity index (χ2v) is 5.60. The molecule has 1 saturated heterocycles. The number of piperazine rings is 1. The number of anilines is 1. The number of para-hydroxylation sites is 2. The van der Waals surface area contributed by atoms with E-state index in [0.29, 0.717) is 5.82 Å². The molecule has 0 atom stereocenters. The van der Waals surface area contributed by atoms with E-state index >= 15 is 0 Å². The summed E-state index contributed by atoms with van der Waals surface area (Å²) < 4.78 is 1.96. The van der Waals surface area contributed by atoms with Gasteiger partial charge in [-0.05, 0) is 18.2 Å². The van der Waals surface area contributed by atoms with Crippen LogP contribution in [0.25, 0.3) is 16.9 Å². The highest BCUT2D eigenvalue weighted by Gasteiger charge is 2.20. The molecule has 0 spiro atoms. The molecule has 1 aromatic carbocycles. The van der Waals surface area contributed by atoms with Gasteiger partial charge in [0.1, 0.15) is 12.0 Å². The topological polar surface area (TPSA) is 89.1 Å². The molecule has 0 radical (unpaired) electrons. The van der Waals surface area contributed by atoms with Gasteiger partial charge < -0.3 is 10.2 Å². The molecule has 25 heavy (non-hydrogen) atoms. The number of hydrogen-bond acceptors (Lipinski definition) is 6. The summed E-state index contributed by atoms with van der Waals surface area (Å²) in [6.45, 7) is 3.51. The lowest BCUT2D eigenvalue weighted by Crippen LogP contribution is -2.44. The molecule has 1 aliphatic heterocycles. The summed E-state index contributed by atoms with van der Waals surface area (Å²) in [4.78, 5) is 21.7. The summed E-state index contributed by atoms with van der Waals surface area (Å²) in [5.74, 6) is 1.45. The molecule has 0 aliphatic carbocycles. The summed E-state index contributed by atoms with van der Waals surface area (Å²) in [6, 6.07) is 11.0. The number of imidazole rings is 1. The number of nitrogens with zero attached hydrogens (tertiary/aromatic N) is 5. The van der Waals surface area contributed by atoms with Gasteiger partial charge in [0.05, 0.1) is 16.0 Å². The molecule has 1 N–H and O–H groups in total. The lowest BCUT2D eigenvalue weighted by Gasteiger charge is -2.28. The van der Waals surface area contributed by atoms with Crippen molar-refractivity contribution in [1.29, 1.82) is 0 Å². The van der Waals surface area contributed by atoms with E-state index in [4.69, 9.17) is 4.98 Å². The first-order valence-corrected chi connectivity index (χ1v) is 7.78. The molecule has 1 fully saturated rings. The first-order valence-electron chi connectivity index (χ1n) is 7.78. The predicted octanol–water partition coefficient (Wildman–Crippen LogP) is 2.16. The van der Waals surface area contributed by atoms with E-state index in [0.717, 1.165) is 43.2 Å². The van der Waals surface area contributed by atoms with Crippen LogP contribution in [0.15, 0.2) is 42.6 Å². The third kappa shape index (κ3) is 3.13. The molecule has 0 amide bonds. The van der Waals surface area contributed by atoms with Crippen molar-refractivity contribution in [1.82, 2.24) is 19.9 Å². The second-order valence-electron chi connectivity index (χ2n) is 5.60. The summed E-state index contributed by atoms with van der Waals surface area (Å²) in [5, 5.41) is 14.2. The molecular formula is C16H17ClN6O2. The Bertz CT molecular complexity index is 889. The van der Waals surface area contributed by atoms with E-state index in [2.05, 4.69) is 15.2 Å². The maximum atomic E-state index is 10.9. The number of nitro groups is 1. The van der Waals surface area contributed by atoms with Crippen molar-refractivity contribution in [2.75, 3.05) is 31.1 Å². The molecule has 0 unspecified atom stereocenters. The normalized spacial score (nSPS) is 14.3. The van der Waals surface area contributed by atoms with Crippen LogP contribution in [0.1, 0.15) is 0 Å². The largest absolute Gasteiger partial charge is 0.339 e. The van der Waals surface area contributed by atoms with Crippen LogP contribution in [-0.4, -0.2) is 45.6 Å². The quantitative estimate of drug-likeness (QED) is 0.568. The molecule has 3 heterocycles. The number of rotatable bonds is 3. The molecule has 3 aromatic rings. The van der Waals surface area contributed by atoms with Crippen LogP contribution in [0.5, 0.6) is 0 Å². The molecule has 0 bridgehead atoms. The highest BCUT2D eigenvalue weighted by Crippen LogP contribution is 2.27. The zero-order valence-corrected chi connectivity index (χ0v) is 14.1. The average Bonchev–Trinajstić information content (AvgIpc) is 3.02. The van der Waals surface area contributed by atoms with E-state index in [1.165, 1.54) is 12.3 Å². The second kappa shape index (κ2) is 7.04. The fourth-order valence-corrected chi connectivity index (χ4v) is 2.93. The maximum absolute atomic E-state index is 10.9. The van der Waals surface area contributed by atoms with Crippen molar-refractivity contribution in [3.8, 4) is 5.82 Å². The minimum atomic E-state index is -0.444. The maximum Gasteiger partial charge on any atom is 0.287 e. The van der Waals surface area contributed by atoms with Crippen LogP contribution in [0.4, 0.5) is 11.6 Å². The van der Waals surface area contributed by atoms with Crippen LogP contribution in [0.2, 0.25) is 0 Å². The van der Waals surface area contributed by atoms with Crippen molar-refractivity contribution in [2.24, 2.45) is 0 Å². The molecule has 9 heteroatoms. The van der Waals surface area contributed by atoms with Crippen molar-refractivity contribution < 1.29 is 4.92 Å². The van der Waals surface area contributed by atoms with Gasteiger partial charge in [0, 0.05) is 32.2 Å². The van der Waals surface area contributed by atoms with Crippen molar-refractivity contribution in [3.05, 3.63) is 52.7 Å². The Labute approximate surface area is 150 Å². The van der Waals surface area contributed by atoms with E-state index in [1.807, 2.05) is 28.8 Å². The van der Waals surface area contributed by atoms with Crippen molar-refractivity contribution >= 4 is 35.1 Å². The van der Waals surface area contributed by atoms with Crippen LogP contribution in [0, 0.1) is 10.1 Å². The number of benzene rings is 1. The first-order chi connectivity index (χ1) is 11.7. The molecule has 1 aliphatic rings. The minimum Gasteiger partial charge on any atom is -0.339 e. The zero-order chi connectivity index (χ0) is 16.5. The van der Waals surface area contributed by atoms with Crippen LogP contribution in [0.3, 0.4) is 0 Å². The lowest BCUT2D eigenvalue weighted by molar-refractivity contribution is -0.385. The number of nitrogens with one attached hydrogen (secondary N) is 1. The molecule has 130 valence electrons. The number of hydrogen-bond donors (Lipinski definition) is 1. The molecular weight excluding hydrogens is 344 g/mol. The third-order valence-electron chi connectivity index (χ3n) is 4.12. The number of fused-ring (bicyclic) bond motifs is 1. The van der Waals surface area contributed by atoms with Gasteiger partial charge in [-0.25, -0.2) is 9.97 Å². The van der Waals surface area contributed by atoms with Gasteiger partial charge >= 0.3 is 0 Å². The van der Waals surface area contributed by atoms with Gasteiger partial charge in [-0.1, -0.05) is 12.1 Å². The van der Waals surface area contributed by atoms with Gasteiger partial charge in [-0.15, -0.1) is 12.4 Å². The number of aromatic nitrogens is 3. The Balaban J connectivity index is 0.00000182. The van der Waals surface area contributed by atoms with Crippen LogP contribution in [-0.2, 0) is 0 Å². The SMILES string of the molecule is Cl.O=[N+]([O-])c1ccc(-n2c(N3CCNCC3)nc3ccccc32)nc1. The van der Waals surface area contributed by atoms with Gasteiger partial charge in [-0.3, -0.25) is 14.7 Å². The molecule has 4 rings (SSSR count). The third-order valence-corrected chi connectivity index (χ3v) is 4.12. The standard InChI is InChI=1S/C16H16N6O2.ClH/c23-22(24)12-5-6-15(18-11-12)21-14-4-2-1-3-13(14)19-16(21)20-9-7-17-8-10-20;/h1-6,11,17H,7-10H2;1H. The minimum absolute atomic E-state index is 0. The van der Waals surface area contributed by atoms with Crippen molar-refractivity contribution in [3.63, 3.8) is 0 Å². The highest BCUT2D eigenvalue weighted by molar-refractivity contribution is 5.85. The van der Waals surface area contributed by atoms with Gasteiger partial charge in [0.2, 0.25) is 5.95 Å². The summed E-state index contributed by atoms with van der Waals surface area (Å²) >= 11 is 0. The van der Waals surface area contributed by atoms with Gasteiger partial charge in [0.15, 0.2) is 0 Å². The molecule has 2 aromatic heterocycles. The monoisotopic (exact) mass is 360 g/mol. The zero-order valence-electron chi connectivity index (χ0n) is 13.3. The highest BCUT2D eigenvalue weighted by atomic mass is 35.5. The van der Waals surface area contributed by atoms with Crippen molar-refractivity contribution in [2.45, 2.75) is 0 Å². The van der Waals surface area contributed by atoms with Crippen LogP contribution < -0.4 is 10.2 Å². The Hall–Kier alpha value is -2.71.